The van der Waals surface area contributed by atoms with E-state index in [4.69, 9.17) is 9.47 Å². The minimum absolute atomic E-state index is 0.157. The van der Waals surface area contributed by atoms with Crippen molar-refractivity contribution in [1.82, 2.24) is 24.9 Å². The van der Waals surface area contributed by atoms with E-state index >= 15 is 0 Å². The van der Waals surface area contributed by atoms with Gasteiger partial charge in [0, 0.05) is 49.5 Å². The lowest BCUT2D eigenvalue weighted by molar-refractivity contribution is 0.122. The fourth-order valence-electron chi connectivity index (χ4n) is 4.80. The second-order valence-corrected chi connectivity index (χ2v) is 8.66. The Morgan fingerprint density at radius 3 is 2.70 bits per heavy atom. The van der Waals surface area contributed by atoms with Gasteiger partial charge in [-0.2, -0.15) is 0 Å². The van der Waals surface area contributed by atoms with Crippen LogP contribution in [0.15, 0.2) is 43.1 Å². The van der Waals surface area contributed by atoms with Crippen molar-refractivity contribution in [2.75, 3.05) is 36.5 Å². The van der Waals surface area contributed by atoms with Gasteiger partial charge in [0.05, 0.1) is 30.4 Å². The molecule has 0 atom stereocenters. The first-order valence-corrected chi connectivity index (χ1v) is 11.6. The van der Waals surface area contributed by atoms with Crippen molar-refractivity contribution in [1.29, 1.82) is 0 Å². The summed E-state index contributed by atoms with van der Waals surface area (Å²) in [5.41, 5.74) is 4.70. The first-order valence-electron chi connectivity index (χ1n) is 11.6. The van der Waals surface area contributed by atoms with Crippen LogP contribution in [0.3, 0.4) is 0 Å². The Hall–Kier alpha value is -3.46. The summed E-state index contributed by atoms with van der Waals surface area (Å²) in [6.07, 6.45) is 11.1. The predicted molar refractivity (Wildman–Crippen MR) is 127 cm³/mol. The molecule has 0 amide bonds. The zero-order chi connectivity index (χ0) is 22.0. The van der Waals surface area contributed by atoms with Crippen LogP contribution in [0.2, 0.25) is 0 Å². The van der Waals surface area contributed by atoms with Crippen LogP contribution in [-0.2, 0) is 4.74 Å². The summed E-state index contributed by atoms with van der Waals surface area (Å²) in [4.78, 5) is 23.4. The minimum Gasteiger partial charge on any atom is -0.488 e. The number of nitrogens with zero attached hydrogens (tertiary/aromatic N) is 5. The number of morpholine rings is 1. The number of anilines is 2. The lowest BCUT2D eigenvalue weighted by Crippen LogP contribution is -2.36. The van der Waals surface area contributed by atoms with Gasteiger partial charge in [0.1, 0.15) is 23.1 Å². The molecule has 170 valence electrons. The highest BCUT2D eigenvalue weighted by Gasteiger charge is 2.25. The molecule has 0 unspecified atom stereocenters. The van der Waals surface area contributed by atoms with Gasteiger partial charge in [0.25, 0.3) is 0 Å². The van der Waals surface area contributed by atoms with Crippen molar-refractivity contribution in [3.63, 3.8) is 0 Å². The zero-order valence-corrected chi connectivity index (χ0v) is 18.4. The molecule has 0 bridgehead atoms. The fraction of sp³-hybridized carbons (Fsp3) is 0.417. The molecule has 9 nitrogen and oxygen atoms in total. The number of aromatic nitrogens is 5. The Morgan fingerprint density at radius 1 is 0.970 bits per heavy atom. The van der Waals surface area contributed by atoms with Crippen LogP contribution in [-0.4, -0.2) is 63.4 Å². The Balaban J connectivity index is 1.16. The van der Waals surface area contributed by atoms with E-state index in [1.165, 1.54) is 0 Å². The number of aromatic amines is 1. The molecule has 1 saturated carbocycles. The van der Waals surface area contributed by atoms with Crippen LogP contribution in [0.1, 0.15) is 25.7 Å². The second kappa shape index (κ2) is 8.82. The van der Waals surface area contributed by atoms with E-state index in [9.17, 15) is 0 Å². The van der Waals surface area contributed by atoms with Crippen molar-refractivity contribution < 1.29 is 9.47 Å². The van der Waals surface area contributed by atoms with Crippen molar-refractivity contribution in [3.8, 4) is 5.75 Å². The molecular weight excluding hydrogens is 418 g/mol. The van der Waals surface area contributed by atoms with E-state index in [0.717, 1.165) is 91.3 Å². The van der Waals surface area contributed by atoms with E-state index in [2.05, 4.69) is 47.3 Å². The molecule has 0 radical (unpaired) electrons. The number of hydrogen-bond donors (Lipinski definition) is 2. The normalized spacial score (nSPS) is 21.4. The summed E-state index contributed by atoms with van der Waals surface area (Å²) in [5.74, 6) is 1.69. The van der Waals surface area contributed by atoms with E-state index < -0.39 is 0 Å². The van der Waals surface area contributed by atoms with Crippen molar-refractivity contribution in [2.24, 2.45) is 0 Å². The molecule has 2 aliphatic rings. The monoisotopic (exact) mass is 445 g/mol. The summed E-state index contributed by atoms with van der Waals surface area (Å²) >= 11 is 0. The molecule has 1 aromatic carbocycles. The number of H-pyrrole nitrogens is 1. The molecule has 1 aliphatic heterocycles. The van der Waals surface area contributed by atoms with Crippen LogP contribution in [0.4, 0.5) is 11.5 Å². The fourth-order valence-corrected chi connectivity index (χ4v) is 4.80. The van der Waals surface area contributed by atoms with Gasteiger partial charge >= 0.3 is 0 Å². The molecule has 4 heterocycles. The number of hydrogen-bond acceptors (Lipinski definition) is 8. The van der Waals surface area contributed by atoms with E-state index in [1.807, 2.05) is 12.3 Å². The SMILES string of the molecule is c1cnc2c(O[C@H]3CC[C@@H](Nc4ncnc5cc[nH]c45)CC3)cc(N3CCOCC3)cc2n1. The maximum atomic E-state index is 6.54. The molecule has 0 spiro atoms. The van der Waals surface area contributed by atoms with E-state index in [1.54, 1.807) is 18.7 Å². The van der Waals surface area contributed by atoms with Gasteiger partial charge in [-0.1, -0.05) is 0 Å². The quantitative estimate of drug-likeness (QED) is 0.481. The van der Waals surface area contributed by atoms with Gasteiger partial charge in [0.15, 0.2) is 5.82 Å². The maximum absolute atomic E-state index is 6.54. The zero-order valence-electron chi connectivity index (χ0n) is 18.4. The Bertz CT molecular complexity index is 1250. The summed E-state index contributed by atoms with van der Waals surface area (Å²) in [6.45, 7) is 3.23. The number of rotatable bonds is 5. The molecule has 1 aliphatic carbocycles. The van der Waals surface area contributed by atoms with Gasteiger partial charge in [-0.05, 0) is 37.8 Å². The van der Waals surface area contributed by atoms with Crippen LogP contribution < -0.4 is 15.0 Å². The minimum atomic E-state index is 0.157. The largest absolute Gasteiger partial charge is 0.488 e. The van der Waals surface area contributed by atoms with E-state index in [-0.39, 0.29) is 6.10 Å². The highest BCUT2D eigenvalue weighted by Crippen LogP contribution is 2.33. The number of fused-ring (bicyclic) bond motifs is 2. The molecular formula is C24H27N7O2. The first-order chi connectivity index (χ1) is 16.3. The molecule has 2 N–H and O–H groups in total. The van der Waals surface area contributed by atoms with Crippen LogP contribution in [0.5, 0.6) is 5.75 Å². The summed E-state index contributed by atoms with van der Waals surface area (Å²) < 4.78 is 12.1. The lowest BCUT2D eigenvalue weighted by Gasteiger charge is -2.31. The van der Waals surface area contributed by atoms with E-state index in [0.29, 0.717) is 6.04 Å². The number of nitrogens with one attached hydrogen (secondary N) is 2. The highest BCUT2D eigenvalue weighted by molar-refractivity contribution is 5.86. The second-order valence-electron chi connectivity index (χ2n) is 8.66. The van der Waals surface area contributed by atoms with Gasteiger partial charge in [-0.3, -0.25) is 4.98 Å². The third kappa shape index (κ3) is 4.16. The van der Waals surface area contributed by atoms with Crippen LogP contribution >= 0.6 is 0 Å². The van der Waals surface area contributed by atoms with Crippen molar-refractivity contribution in [3.05, 3.63) is 43.1 Å². The Labute approximate surface area is 191 Å². The average molecular weight is 446 g/mol. The third-order valence-electron chi connectivity index (χ3n) is 6.55. The smallest absolute Gasteiger partial charge is 0.154 e. The van der Waals surface area contributed by atoms with Gasteiger partial charge < -0.3 is 24.7 Å². The van der Waals surface area contributed by atoms with Gasteiger partial charge in [-0.15, -0.1) is 0 Å². The standard InChI is InChI=1S/C24H27N7O2/c1-3-18(4-2-16(1)30-24-23-19(5-6-26-23)28-15-29-24)33-21-14-17(31-9-11-32-12-10-31)13-20-22(21)27-8-7-25-20/h5-8,13-16,18,26H,1-4,9-12H2,(H,28,29,30)/t16-,18+. The van der Waals surface area contributed by atoms with Gasteiger partial charge in [-0.25, -0.2) is 15.0 Å². The Morgan fingerprint density at radius 2 is 1.82 bits per heavy atom. The topological polar surface area (TPSA) is 101 Å². The summed E-state index contributed by atoms with van der Waals surface area (Å²) in [7, 11) is 0. The first kappa shape index (κ1) is 20.2. The Kier molecular flexibility index (Phi) is 5.39. The molecule has 3 aromatic heterocycles. The summed E-state index contributed by atoms with van der Waals surface area (Å²) in [5, 5.41) is 3.60. The average Bonchev–Trinajstić information content (AvgIpc) is 3.36. The number of benzene rings is 1. The molecule has 2 fully saturated rings. The molecule has 33 heavy (non-hydrogen) atoms. The third-order valence-corrected chi connectivity index (χ3v) is 6.55. The predicted octanol–water partition coefficient (Wildman–Crippen LogP) is 3.54. The highest BCUT2D eigenvalue weighted by atomic mass is 16.5. The molecule has 6 rings (SSSR count). The van der Waals surface area contributed by atoms with Gasteiger partial charge in [0.2, 0.25) is 0 Å². The van der Waals surface area contributed by atoms with Crippen LogP contribution in [0.25, 0.3) is 22.1 Å². The van der Waals surface area contributed by atoms with Crippen LogP contribution in [0, 0.1) is 0 Å². The lowest BCUT2D eigenvalue weighted by atomic mass is 9.93. The van der Waals surface area contributed by atoms with Crippen molar-refractivity contribution in [2.45, 2.75) is 37.8 Å². The molecule has 4 aromatic rings. The number of ether oxygens (including phenoxy) is 2. The maximum Gasteiger partial charge on any atom is 0.154 e. The van der Waals surface area contributed by atoms with Crippen molar-refractivity contribution >= 4 is 33.6 Å². The molecule has 9 heteroatoms. The summed E-state index contributed by atoms with van der Waals surface area (Å²) in [6, 6.07) is 6.55. The molecule has 1 saturated heterocycles.